The van der Waals surface area contributed by atoms with Crippen molar-refractivity contribution in [3.63, 3.8) is 0 Å². The SMILES string of the molecule is C/C=C(/C)OC(C)=O.CC/C(C)=N/OC.CCOC.CNC(C)=O.COC(C)=O. The quantitative estimate of drug-likeness (QED) is 0.319. The molecule has 9 heteroatoms. The first-order chi connectivity index (χ1) is 13.4. The second-order valence-corrected chi connectivity index (χ2v) is 4.93. The third-order valence-corrected chi connectivity index (χ3v) is 2.40. The Morgan fingerprint density at radius 3 is 1.38 bits per heavy atom. The van der Waals surface area contributed by atoms with Crippen molar-refractivity contribution in [2.75, 3.05) is 35.0 Å². The van der Waals surface area contributed by atoms with Crippen LogP contribution in [0.25, 0.3) is 0 Å². The summed E-state index contributed by atoms with van der Waals surface area (Å²) in [5.41, 5.74) is 1.03. The van der Waals surface area contributed by atoms with Gasteiger partial charge in [-0.3, -0.25) is 14.4 Å². The Bertz CT molecular complexity index is 432. The summed E-state index contributed by atoms with van der Waals surface area (Å²) in [4.78, 5) is 33.9. The van der Waals surface area contributed by atoms with Crippen LogP contribution in [-0.4, -0.2) is 58.5 Å². The molecule has 1 N–H and O–H groups in total. The van der Waals surface area contributed by atoms with Crippen LogP contribution in [0.4, 0.5) is 0 Å². The van der Waals surface area contributed by atoms with Crippen molar-refractivity contribution in [2.45, 2.75) is 61.8 Å². The molecular weight excluding hydrogens is 380 g/mol. The minimum atomic E-state index is -0.263. The summed E-state index contributed by atoms with van der Waals surface area (Å²) < 4.78 is 13.3. The number of carbonyl (C=O) groups is 3. The molecule has 9 nitrogen and oxygen atoms in total. The number of allylic oxidation sites excluding steroid dienone is 2. The summed E-state index contributed by atoms with van der Waals surface area (Å²) in [6.45, 7) is 14.5. The Morgan fingerprint density at radius 1 is 0.931 bits per heavy atom. The van der Waals surface area contributed by atoms with Gasteiger partial charge in [-0.2, -0.15) is 0 Å². The first-order valence-corrected chi connectivity index (χ1v) is 9.03. The van der Waals surface area contributed by atoms with Gasteiger partial charge in [0.05, 0.1) is 12.8 Å². The maximum absolute atomic E-state index is 10.1. The number of ether oxygens (including phenoxy) is 3. The molecule has 0 bridgehead atoms. The number of carbonyl (C=O) groups excluding carboxylic acids is 3. The maximum Gasteiger partial charge on any atom is 0.307 e. The standard InChI is InChI=1S/C6H10O2.C5H11NO.C3H7NO.C3H6O2.C3H8O/c1-4-5(2)8-6(3)7;1-4-5(2)6-7-3;1-3(5)4-2;1-3(4)5-2;1-3-4-2/h4H,1-3H3;4H2,1-3H3;1-2H3,(H,4,5);1-2H3;3H2,1-2H3/b5-4-;6-5+;;;. The lowest BCUT2D eigenvalue weighted by molar-refractivity contribution is -0.138. The Labute approximate surface area is 176 Å². The molecule has 0 saturated heterocycles. The van der Waals surface area contributed by atoms with Crippen molar-refractivity contribution in [3.05, 3.63) is 11.8 Å². The minimum Gasteiger partial charge on any atom is -0.469 e. The summed E-state index contributed by atoms with van der Waals surface area (Å²) >= 11 is 0. The monoisotopic (exact) mass is 422 g/mol. The average Bonchev–Trinajstić information content (AvgIpc) is 2.68. The third kappa shape index (κ3) is 77.1. The molecule has 1 amide bonds. The molecule has 0 aromatic rings. The number of hydrogen-bond donors (Lipinski definition) is 1. The molecule has 0 radical (unpaired) electrons. The molecule has 0 aromatic carbocycles. The van der Waals surface area contributed by atoms with Crippen LogP contribution in [0.3, 0.4) is 0 Å². The molecule has 0 aliphatic heterocycles. The predicted octanol–water partition coefficient (Wildman–Crippen LogP) is 3.48. The van der Waals surface area contributed by atoms with Gasteiger partial charge in [0.15, 0.2) is 0 Å². The summed E-state index contributed by atoms with van der Waals surface area (Å²) in [5, 5.41) is 6.05. The maximum atomic E-state index is 10.1. The van der Waals surface area contributed by atoms with Crippen molar-refractivity contribution in [1.82, 2.24) is 5.32 Å². The minimum absolute atomic E-state index is 0.00463. The van der Waals surface area contributed by atoms with E-state index in [1.807, 2.05) is 27.7 Å². The number of nitrogens with zero attached hydrogens (tertiary/aromatic N) is 1. The van der Waals surface area contributed by atoms with E-state index in [0.29, 0.717) is 5.76 Å². The van der Waals surface area contributed by atoms with Crippen molar-refractivity contribution in [3.8, 4) is 0 Å². The molecule has 0 saturated carbocycles. The van der Waals surface area contributed by atoms with Gasteiger partial charge < -0.3 is 24.4 Å². The number of nitrogens with one attached hydrogen (secondary N) is 1. The predicted molar refractivity (Wildman–Crippen MR) is 117 cm³/mol. The van der Waals surface area contributed by atoms with Crippen molar-refractivity contribution < 1.29 is 33.4 Å². The molecule has 0 aliphatic carbocycles. The summed E-state index contributed by atoms with van der Waals surface area (Å²) in [6.07, 6.45) is 2.70. The van der Waals surface area contributed by atoms with Crippen LogP contribution >= 0.6 is 0 Å². The average molecular weight is 423 g/mol. The van der Waals surface area contributed by atoms with Crippen LogP contribution in [0.5, 0.6) is 0 Å². The molecule has 0 unspecified atom stereocenters. The topological polar surface area (TPSA) is 113 Å². The van der Waals surface area contributed by atoms with Gasteiger partial charge >= 0.3 is 11.9 Å². The Hall–Kier alpha value is -2.42. The largest absolute Gasteiger partial charge is 0.469 e. The van der Waals surface area contributed by atoms with Gasteiger partial charge in [0.25, 0.3) is 0 Å². The summed E-state index contributed by atoms with van der Waals surface area (Å²) in [6, 6.07) is 0. The third-order valence-electron chi connectivity index (χ3n) is 2.40. The Morgan fingerprint density at radius 2 is 1.31 bits per heavy atom. The van der Waals surface area contributed by atoms with Crippen LogP contribution in [-0.2, 0) is 33.4 Å². The van der Waals surface area contributed by atoms with E-state index < -0.39 is 0 Å². The van der Waals surface area contributed by atoms with Crippen LogP contribution in [0.1, 0.15) is 61.8 Å². The smallest absolute Gasteiger partial charge is 0.307 e. The van der Waals surface area contributed by atoms with Crippen LogP contribution in [0.15, 0.2) is 17.0 Å². The fraction of sp³-hybridized carbons (Fsp3) is 0.700. The fourth-order valence-corrected chi connectivity index (χ4v) is 0.506. The van der Waals surface area contributed by atoms with Gasteiger partial charge in [0.1, 0.15) is 12.9 Å². The molecule has 174 valence electrons. The summed E-state index contributed by atoms with van der Waals surface area (Å²) in [7, 11) is 6.18. The lowest BCUT2D eigenvalue weighted by atomic mass is 10.3. The second-order valence-electron chi connectivity index (χ2n) is 4.93. The van der Waals surface area contributed by atoms with Gasteiger partial charge in [-0.25, -0.2) is 0 Å². The van der Waals surface area contributed by atoms with E-state index >= 15 is 0 Å². The number of amides is 1. The molecule has 0 aliphatic rings. The molecule has 29 heavy (non-hydrogen) atoms. The van der Waals surface area contributed by atoms with Crippen molar-refractivity contribution >= 4 is 23.6 Å². The van der Waals surface area contributed by atoms with E-state index in [-0.39, 0.29) is 17.8 Å². The first-order valence-electron chi connectivity index (χ1n) is 9.03. The van der Waals surface area contributed by atoms with E-state index in [2.05, 4.69) is 29.5 Å². The highest BCUT2D eigenvalue weighted by atomic mass is 16.6. The zero-order valence-electron chi connectivity index (χ0n) is 20.3. The van der Waals surface area contributed by atoms with E-state index in [4.69, 9.17) is 0 Å². The fourth-order valence-electron chi connectivity index (χ4n) is 0.506. The number of hydrogen-bond acceptors (Lipinski definition) is 8. The lowest BCUT2D eigenvalue weighted by Gasteiger charge is -1.96. The normalized spacial score (nSPS) is 9.24. The number of oxime groups is 1. The molecule has 0 spiro atoms. The highest BCUT2D eigenvalue weighted by molar-refractivity contribution is 5.80. The van der Waals surface area contributed by atoms with E-state index in [1.54, 1.807) is 34.3 Å². The molecule has 0 heterocycles. The summed E-state index contributed by atoms with van der Waals surface area (Å²) in [5.74, 6) is 0.146. The van der Waals surface area contributed by atoms with Gasteiger partial charge in [-0.15, -0.1) is 0 Å². The lowest BCUT2D eigenvalue weighted by Crippen LogP contribution is -2.11. The van der Waals surface area contributed by atoms with E-state index in [9.17, 15) is 14.4 Å². The Kier molecular flexibility index (Phi) is 42.7. The van der Waals surface area contributed by atoms with E-state index in [0.717, 1.165) is 18.7 Å². The molecule has 0 atom stereocenters. The number of rotatable bonds is 4. The zero-order chi connectivity index (χ0) is 24.3. The molecule has 0 rings (SSSR count). The first kappa shape index (κ1) is 37.3. The number of esters is 2. The van der Waals surface area contributed by atoms with Gasteiger partial charge in [0, 0.05) is 41.5 Å². The number of methoxy groups -OCH3 is 2. The van der Waals surface area contributed by atoms with Gasteiger partial charge in [0.2, 0.25) is 5.91 Å². The second kappa shape index (κ2) is 33.2. The van der Waals surface area contributed by atoms with Crippen molar-refractivity contribution in [1.29, 1.82) is 0 Å². The van der Waals surface area contributed by atoms with Gasteiger partial charge in [-0.05, 0) is 40.2 Å². The molecular formula is C20H42N2O7. The zero-order valence-corrected chi connectivity index (χ0v) is 20.3. The Balaban J connectivity index is -0.0000000848. The highest BCUT2D eigenvalue weighted by Crippen LogP contribution is 1.92. The molecule has 0 fully saturated rings. The van der Waals surface area contributed by atoms with E-state index in [1.165, 1.54) is 27.9 Å². The van der Waals surface area contributed by atoms with Crippen molar-refractivity contribution in [2.24, 2.45) is 5.16 Å². The van der Waals surface area contributed by atoms with Crippen LogP contribution in [0, 0.1) is 0 Å². The van der Waals surface area contributed by atoms with Crippen LogP contribution in [0.2, 0.25) is 0 Å². The highest BCUT2D eigenvalue weighted by Gasteiger charge is 1.90. The van der Waals surface area contributed by atoms with Gasteiger partial charge in [-0.1, -0.05) is 12.1 Å². The van der Waals surface area contributed by atoms with Crippen LogP contribution < -0.4 is 5.32 Å². The molecule has 0 aromatic heterocycles.